The van der Waals surface area contributed by atoms with Crippen molar-refractivity contribution in [1.82, 2.24) is 15.2 Å². The molecular weight excluding hydrogens is 308 g/mol. The summed E-state index contributed by atoms with van der Waals surface area (Å²) in [5.41, 5.74) is 1.77. The zero-order valence-electron chi connectivity index (χ0n) is 13.5. The predicted molar refractivity (Wildman–Crippen MR) is 88.1 cm³/mol. The summed E-state index contributed by atoms with van der Waals surface area (Å²) in [5.74, 6) is 1.58. The average Bonchev–Trinajstić information content (AvgIpc) is 3.17. The van der Waals surface area contributed by atoms with Crippen molar-refractivity contribution in [3.05, 3.63) is 54.0 Å². The van der Waals surface area contributed by atoms with E-state index in [1.54, 1.807) is 13.0 Å². The van der Waals surface area contributed by atoms with Crippen LogP contribution in [0.2, 0.25) is 0 Å². The second kappa shape index (κ2) is 7.10. The molecule has 0 saturated heterocycles. The van der Waals surface area contributed by atoms with Gasteiger partial charge in [0.05, 0.1) is 13.1 Å². The molecule has 1 N–H and O–H groups in total. The third kappa shape index (κ3) is 4.08. The first kappa shape index (κ1) is 15.9. The Morgan fingerprint density at radius 1 is 1.17 bits per heavy atom. The molecule has 0 aliphatic rings. The Hall–Kier alpha value is -2.93. The fourth-order valence-electron chi connectivity index (χ4n) is 2.31. The first-order chi connectivity index (χ1) is 11.6. The quantitative estimate of drug-likeness (QED) is 0.750. The van der Waals surface area contributed by atoms with Gasteiger partial charge >= 0.3 is 0 Å². The maximum atomic E-state index is 12.0. The number of aromatic nitrogens is 2. The van der Waals surface area contributed by atoms with Crippen LogP contribution in [0.1, 0.15) is 11.5 Å². The molecule has 2 heterocycles. The highest BCUT2D eigenvalue weighted by molar-refractivity contribution is 5.91. The van der Waals surface area contributed by atoms with Gasteiger partial charge in [-0.25, -0.2) is 0 Å². The minimum atomic E-state index is -0.173. The summed E-state index contributed by atoms with van der Waals surface area (Å²) in [6.45, 7) is 2.45. The standard InChI is InChI=1S/C17H18N4O3/c1-12-8-16(20-23-12)18-17(22)11-21(2)10-14-9-15(19-24-14)13-6-4-3-5-7-13/h3-9H,10-11H2,1-2H3,(H,18,20,22). The molecule has 0 aliphatic carbocycles. The molecule has 0 radical (unpaired) electrons. The number of carbonyl (C=O) groups is 1. The first-order valence-corrected chi connectivity index (χ1v) is 7.53. The number of likely N-dealkylation sites (N-methyl/N-ethyl adjacent to an activating group) is 1. The number of aryl methyl sites for hydroxylation is 1. The van der Waals surface area contributed by atoms with Crippen molar-refractivity contribution >= 4 is 11.7 Å². The maximum Gasteiger partial charge on any atom is 0.239 e. The summed E-state index contributed by atoms with van der Waals surface area (Å²) in [4.78, 5) is 13.8. The van der Waals surface area contributed by atoms with Gasteiger partial charge in [0.2, 0.25) is 5.91 Å². The van der Waals surface area contributed by atoms with E-state index in [1.165, 1.54) is 0 Å². The lowest BCUT2D eigenvalue weighted by atomic mass is 10.1. The molecule has 0 aliphatic heterocycles. The molecule has 0 unspecified atom stereocenters. The molecule has 0 bridgehead atoms. The monoisotopic (exact) mass is 326 g/mol. The zero-order valence-corrected chi connectivity index (χ0v) is 13.5. The van der Waals surface area contributed by atoms with E-state index in [9.17, 15) is 4.79 Å². The molecule has 0 saturated carbocycles. The van der Waals surface area contributed by atoms with Gasteiger partial charge in [0.1, 0.15) is 11.5 Å². The molecule has 2 aromatic heterocycles. The number of hydrogen-bond donors (Lipinski definition) is 1. The molecule has 7 heteroatoms. The van der Waals surface area contributed by atoms with Gasteiger partial charge in [0, 0.05) is 17.7 Å². The number of amides is 1. The number of benzene rings is 1. The Kier molecular flexibility index (Phi) is 4.72. The van der Waals surface area contributed by atoms with Crippen molar-refractivity contribution in [2.75, 3.05) is 18.9 Å². The number of rotatable bonds is 6. The van der Waals surface area contributed by atoms with Crippen LogP contribution in [0.15, 0.2) is 51.5 Å². The van der Waals surface area contributed by atoms with E-state index in [2.05, 4.69) is 15.6 Å². The summed E-state index contributed by atoms with van der Waals surface area (Å²) in [6.07, 6.45) is 0. The van der Waals surface area contributed by atoms with E-state index < -0.39 is 0 Å². The van der Waals surface area contributed by atoms with Crippen LogP contribution in [0.3, 0.4) is 0 Å². The van der Waals surface area contributed by atoms with Gasteiger partial charge in [0.15, 0.2) is 11.6 Å². The van der Waals surface area contributed by atoms with Crippen molar-refractivity contribution < 1.29 is 13.8 Å². The SMILES string of the molecule is Cc1cc(NC(=O)CN(C)Cc2cc(-c3ccccc3)no2)no1. The molecule has 7 nitrogen and oxygen atoms in total. The molecule has 0 fully saturated rings. The lowest BCUT2D eigenvalue weighted by molar-refractivity contribution is -0.117. The molecule has 1 amide bonds. The van der Waals surface area contributed by atoms with Gasteiger partial charge in [-0.2, -0.15) is 0 Å². The van der Waals surface area contributed by atoms with Crippen LogP contribution in [0, 0.1) is 6.92 Å². The van der Waals surface area contributed by atoms with E-state index in [4.69, 9.17) is 9.05 Å². The molecule has 3 rings (SSSR count). The van der Waals surface area contributed by atoms with Crippen molar-refractivity contribution in [1.29, 1.82) is 0 Å². The highest BCUT2D eigenvalue weighted by Crippen LogP contribution is 2.19. The van der Waals surface area contributed by atoms with Crippen molar-refractivity contribution in [3.63, 3.8) is 0 Å². The van der Waals surface area contributed by atoms with Crippen LogP contribution in [0.4, 0.5) is 5.82 Å². The molecule has 0 spiro atoms. The van der Waals surface area contributed by atoms with Gasteiger partial charge in [-0.05, 0) is 14.0 Å². The lowest BCUT2D eigenvalue weighted by Crippen LogP contribution is -2.29. The lowest BCUT2D eigenvalue weighted by Gasteiger charge is -2.13. The van der Waals surface area contributed by atoms with Crippen LogP contribution >= 0.6 is 0 Å². The third-order valence-electron chi connectivity index (χ3n) is 3.36. The topological polar surface area (TPSA) is 84.4 Å². The van der Waals surface area contributed by atoms with Crippen LogP contribution in [-0.4, -0.2) is 34.7 Å². The minimum Gasteiger partial charge on any atom is -0.360 e. The number of nitrogens with zero attached hydrogens (tertiary/aromatic N) is 3. The van der Waals surface area contributed by atoms with Crippen molar-refractivity contribution in [2.24, 2.45) is 0 Å². The normalized spacial score (nSPS) is 11.0. The Balaban J connectivity index is 1.54. The predicted octanol–water partition coefficient (Wildman–Crippen LogP) is 2.71. The molecular formula is C17H18N4O3. The second-order valence-electron chi connectivity index (χ2n) is 5.59. The third-order valence-corrected chi connectivity index (χ3v) is 3.36. The van der Waals surface area contributed by atoms with E-state index in [0.29, 0.717) is 23.9 Å². The van der Waals surface area contributed by atoms with Crippen LogP contribution in [-0.2, 0) is 11.3 Å². The Morgan fingerprint density at radius 2 is 1.96 bits per heavy atom. The summed E-state index contributed by atoms with van der Waals surface area (Å²) in [5, 5.41) is 10.5. The zero-order chi connectivity index (χ0) is 16.9. The van der Waals surface area contributed by atoms with Gasteiger partial charge in [-0.15, -0.1) is 0 Å². The fourth-order valence-corrected chi connectivity index (χ4v) is 2.31. The van der Waals surface area contributed by atoms with Crippen molar-refractivity contribution in [3.8, 4) is 11.3 Å². The summed E-state index contributed by atoms with van der Waals surface area (Å²) in [6, 6.07) is 13.3. The average molecular weight is 326 g/mol. The highest BCUT2D eigenvalue weighted by atomic mass is 16.5. The highest BCUT2D eigenvalue weighted by Gasteiger charge is 2.13. The minimum absolute atomic E-state index is 0.173. The van der Waals surface area contributed by atoms with E-state index in [1.807, 2.05) is 48.3 Å². The summed E-state index contributed by atoms with van der Waals surface area (Å²) in [7, 11) is 1.83. The Bertz CT molecular complexity index is 810. The number of anilines is 1. The van der Waals surface area contributed by atoms with E-state index in [0.717, 1.165) is 11.3 Å². The van der Waals surface area contributed by atoms with Crippen molar-refractivity contribution in [2.45, 2.75) is 13.5 Å². The molecule has 3 aromatic rings. The Morgan fingerprint density at radius 3 is 2.67 bits per heavy atom. The second-order valence-corrected chi connectivity index (χ2v) is 5.59. The van der Waals surface area contributed by atoms with Gasteiger partial charge < -0.3 is 14.4 Å². The van der Waals surface area contributed by atoms with Crippen LogP contribution < -0.4 is 5.32 Å². The van der Waals surface area contributed by atoms with Gasteiger partial charge in [-0.3, -0.25) is 9.69 Å². The fraction of sp³-hybridized carbons (Fsp3) is 0.235. The number of hydrogen-bond acceptors (Lipinski definition) is 6. The number of nitrogens with one attached hydrogen (secondary N) is 1. The largest absolute Gasteiger partial charge is 0.360 e. The first-order valence-electron chi connectivity index (χ1n) is 7.53. The summed E-state index contributed by atoms with van der Waals surface area (Å²) < 4.78 is 10.3. The Labute approximate surface area is 139 Å². The van der Waals surface area contributed by atoms with E-state index >= 15 is 0 Å². The molecule has 124 valence electrons. The van der Waals surface area contributed by atoms with Crippen LogP contribution in [0.5, 0.6) is 0 Å². The maximum absolute atomic E-state index is 12.0. The van der Waals surface area contributed by atoms with Crippen LogP contribution in [0.25, 0.3) is 11.3 Å². The van der Waals surface area contributed by atoms with E-state index in [-0.39, 0.29) is 12.5 Å². The van der Waals surface area contributed by atoms with Gasteiger partial charge in [0.25, 0.3) is 0 Å². The number of carbonyl (C=O) groups excluding carboxylic acids is 1. The molecule has 24 heavy (non-hydrogen) atoms. The summed E-state index contributed by atoms with van der Waals surface area (Å²) >= 11 is 0. The van der Waals surface area contributed by atoms with Gasteiger partial charge in [-0.1, -0.05) is 40.6 Å². The smallest absolute Gasteiger partial charge is 0.239 e. The molecule has 1 aromatic carbocycles. The molecule has 0 atom stereocenters.